The van der Waals surface area contributed by atoms with E-state index in [1.807, 2.05) is 60.7 Å². The van der Waals surface area contributed by atoms with E-state index >= 15 is 0 Å². The molecule has 0 aliphatic carbocycles. The van der Waals surface area contributed by atoms with E-state index in [9.17, 15) is 4.79 Å². The smallest absolute Gasteiger partial charge is 0.277 e. The average Bonchev–Trinajstić information content (AvgIpc) is 2.78. The topological polar surface area (TPSA) is 69.2 Å². The molecule has 0 saturated carbocycles. The molecule has 3 aromatic rings. The second-order valence-electron chi connectivity index (χ2n) is 6.09. The zero-order valence-corrected chi connectivity index (χ0v) is 16.3. The molecule has 1 amide bonds. The third kappa shape index (κ3) is 5.59. The quantitative estimate of drug-likeness (QED) is 0.468. The van der Waals surface area contributed by atoms with E-state index in [-0.39, 0.29) is 12.5 Å². The molecule has 3 aromatic carbocycles. The number of nitrogens with one attached hydrogen (secondary N) is 1. The van der Waals surface area contributed by atoms with Gasteiger partial charge >= 0.3 is 0 Å². The predicted octanol–water partition coefficient (Wildman–Crippen LogP) is 3.90. The largest absolute Gasteiger partial charge is 0.493 e. The number of methoxy groups -OCH3 is 2. The fourth-order valence-corrected chi connectivity index (χ4v) is 2.67. The van der Waals surface area contributed by atoms with Gasteiger partial charge in [0.15, 0.2) is 18.1 Å². The van der Waals surface area contributed by atoms with Crippen molar-refractivity contribution < 1.29 is 19.0 Å². The third-order valence-corrected chi connectivity index (χ3v) is 4.14. The van der Waals surface area contributed by atoms with Crippen LogP contribution in [0.1, 0.15) is 5.56 Å². The molecule has 0 bridgehead atoms. The summed E-state index contributed by atoms with van der Waals surface area (Å²) >= 11 is 0. The zero-order valence-electron chi connectivity index (χ0n) is 16.3. The highest BCUT2D eigenvalue weighted by molar-refractivity contribution is 5.83. The normalized spacial score (nSPS) is 10.6. The Hall–Kier alpha value is -3.80. The first kappa shape index (κ1) is 19.9. The lowest BCUT2D eigenvalue weighted by Crippen LogP contribution is -2.24. The second kappa shape index (κ2) is 9.94. The van der Waals surface area contributed by atoms with Gasteiger partial charge in [0, 0.05) is 0 Å². The highest BCUT2D eigenvalue weighted by Crippen LogP contribution is 2.26. The lowest BCUT2D eigenvalue weighted by atomic mass is 10.1. The van der Waals surface area contributed by atoms with E-state index < -0.39 is 0 Å². The molecule has 0 aromatic heterocycles. The summed E-state index contributed by atoms with van der Waals surface area (Å²) in [5.41, 5.74) is 5.41. The molecule has 6 heteroatoms. The molecule has 0 saturated heterocycles. The van der Waals surface area contributed by atoms with Crippen molar-refractivity contribution in [2.45, 2.75) is 0 Å². The minimum Gasteiger partial charge on any atom is -0.493 e. The van der Waals surface area contributed by atoms with Gasteiger partial charge in [-0.15, -0.1) is 0 Å². The summed E-state index contributed by atoms with van der Waals surface area (Å²) in [5.74, 6) is 1.47. The Kier molecular flexibility index (Phi) is 6.84. The fourth-order valence-electron chi connectivity index (χ4n) is 2.67. The van der Waals surface area contributed by atoms with Crippen LogP contribution in [0.2, 0.25) is 0 Å². The monoisotopic (exact) mass is 390 g/mol. The minimum absolute atomic E-state index is 0.131. The molecular formula is C23H22N2O4. The number of hydrogen-bond donors (Lipinski definition) is 1. The van der Waals surface area contributed by atoms with E-state index in [0.717, 1.165) is 16.7 Å². The predicted molar refractivity (Wildman–Crippen MR) is 113 cm³/mol. The van der Waals surface area contributed by atoms with Gasteiger partial charge < -0.3 is 14.2 Å². The number of benzene rings is 3. The van der Waals surface area contributed by atoms with Crippen LogP contribution in [0.3, 0.4) is 0 Å². The molecule has 6 nitrogen and oxygen atoms in total. The summed E-state index contributed by atoms with van der Waals surface area (Å²) in [6, 6.07) is 23.0. The summed E-state index contributed by atoms with van der Waals surface area (Å²) in [6.07, 6.45) is 1.52. The van der Waals surface area contributed by atoms with Crippen molar-refractivity contribution in [2.75, 3.05) is 20.8 Å². The Morgan fingerprint density at radius 2 is 1.59 bits per heavy atom. The van der Waals surface area contributed by atoms with Crippen LogP contribution in [0.25, 0.3) is 11.1 Å². The molecule has 0 aliphatic heterocycles. The van der Waals surface area contributed by atoms with Crippen LogP contribution in [-0.2, 0) is 4.79 Å². The van der Waals surface area contributed by atoms with Crippen LogP contribution in [-0.4, -0.2) is 32.9 Å². The van der Waals surface area contributed by atoms with E-state index in [2.05, 4.69) is 10.5 Å². The van der Waals surface area contributed by atoms with Crippen molar-refractivity contribution in [1.29, 1.82) is 0 Å². The van der Waals surface area contributed by atoms with E-state index in [0.29, 0.717) is 17.2 Å². The van der Waals surface area contributed by atoms with E-state index in [1.54, 1.807) is 26.4 Å². The van der Waals surface area contributed by atoms with Gasteiger partial charge in [-0.1, -0.05) is 42.5 Å². The van der Waals surface area contributed by atoms with Gasteiger partial charge in [-0.3, -0.25) is 4.79 Å². The van der Waals surface area contributed by atoms with Gasteiger partial charge in [0.2, 0.25) is 0 Å². The number of hydrogen-bond acceptors (Lipinski definition) is 5. The van der Waals surface area contributed by atoms with Gasteiger partial charge in [0.05, 0.1) is 20.4 Å². The maximum absolute atomic E-state index is 11.9. The number of ether oxygens (including phenoxy) is 3. The fraction of sp³-hybridized carbons (Fsp3) is 0.130. The van der Waals surface area contributed by atoms with Crippen LogP contribution in [0.4, 0.5) is 0 Å². The van der Waals surface area contributed by atoms with Crippen LogP contribution < -0.4 is 19.6 Å². The standard InChI is InChI=1S/C23H22N2O4/c1-27-21-13-8-17(14-22(21)28-2)15-24-25-23(26)16-29-20-11-9-19(10-12-20)18-6-4-3-5-7-18/h3-15H,16H2,1-2H3,(H,25,26)/b24-15+. The molecule has 3 rings (SSSR count). The first-order chi connectivity index (χ1) is 14.2. The van der Waals surface area contributed by atoms with Crippen LogP contribution in [0.5, 0.6) is 17.2 Å². The summed E-state index contributed by atoms with van der Waals surface area (Å²) in [7, 11) is 3.13. The summed E-state index contributed by atoms with van der Waals surface area (Å²) in [4.78, 5) is 11.9. The number of carbonyl (C=O) groups excluding carboxylic acids is 1. The lowest BCUT2D eigenvalue weighted by molar-refractivity contribution is -0.123. The summed E-state index contributed by atoms with van der Waals surface area (Å²) < 4.78 is 15.9. The third-order valence-electron chi connectivity index (χ3n) is 4.14. The van der Waals surface area contributed by atoms with Crippen LogP contribution >= 0.6 is 0 Å². The summed E-state index contributed by atoms with van der Waals surface area (Å²) in [5, 5.41) is 3.94. The number of hydrazone groups is 1. The van der Waals surface area contributed by atoms with Crippen molar-refractivity contribution >= 4 is 12.1 Å². The number of amides is 1. The molecule has 29 heavy (non-hydrogen) atoms. The van der Waals surface area contributed by atoms with Gasteiger partial charge in [0.25, 0.3) is 5.91 Å². The lowest BCUT2D eigenvalue weighted by Gasteiger charge is -2.08. The van der Waals surface area contributed by atoms with Crippen molar-refractivity contribution in [3.8, 4) is 28.4 Å². The van der Waals surface area contributed by atoms with Crippen LogP contribution in [0, 0.1) is 0 Å². The Morgan fingerprint density at radius 1 is 0.897 bits per heavy atom. The SMILES string of the molecule is COc1ccc(/C=N/NC(=O)COc2ccc(-c3ccccc3)cc2)cc1OC. The second-order valence-corrected chi connectivity index (χ2v) is 6.09. The molecule has 0 fully saturated rings. The van der Waals surface area contributed by atoms with Gasteiger partial charge in [-0.2, -0.15) is 5.10 Å². The molecular weight excluding hydrogens is 368 g/mol. The molecule has 148 valence electrons. The molecule has 0 radical (unpaired) electrons. The van der Waals surface area contributed by atoms with Crippen molar-refractivity contribution in [2.24, 2.45) is 5.10 Å². The van der Waals surface area contributed by atoms with Crippen LogP contribution in [0.15, 0.2) is 77.9 Å². The van der Waals surface area contributed by atoms with Crippen molar-refractivity contribution in [3.63, 3.8) is 0 Å². The zero-order chi connectivity index (χ0) is 20.5. The van der Waals surface area contributed by atoms with Gasteiger partial charge in [-0.05, 0) is 47.0 Å². The van der Waals surface area contributed by atoms with Gasteiger partial charge in [-0.25, -0.2) is 5.43 Å². The molecule has 0 unspecified atom stereocenters. The Bertz CT molecular complexity index is 970. The van der Waals surface area contributed by atoms with Crippen molar-refractivity contribution in [3.05, 3.63) is 78.4 Å². The summed E-state index contributed by atoms with van der Waals surface area (Å²) in [6.45, 7) is -0.131. The first-order valence-electron chi connectivity index (χ1n) is 9.02. The number of nitrogens with zero attached hydrogens (tertiary/aromatic N) is 1. The molecule has 0 aliphatic rings. The maximum atomic E-state index is 11.9. The molecule has 1 N–H and O–H groups in total. The van der Waals surface area contributed by atoms with Crippen molar-refractivity contribution in [1.82, 2.24) is 5.43 Å². The number of rotatable bonds is 8. The Balaban J connectivity index is 1.49. The van der Waals surface area contributed by atoms with Gasteiger partial charge in [0.1, 0.15) is 5.75 Å². The van der Waals surface area contributed by atoms with E-state index in [1.165, 1.54) is 6.21 Å². The average molecular weight is 390 g/mol. The highest BCUT2D eigenvalue weighted by atomic mass is 16.5. The molecule has 0 atom stereocenters. The maximum Gasteiger partial charge on any atom is 0.277 e. The van der Waals surface area contributed by atoms with E-state index in [4.69, 9.17) is 14.2 Å². The highest BCUT2D eigenvalue weighted by Gasteiger charge is 2.04. The minimum atomic E-state index is -0.353. The molecule has 0 heterocycles. The number of carbonyl (C=O) groups is 1. The Labute approximate surface area is 169 Å². The Morgan fingerprint density at radius 3 is 2.28 bits per heavy atom. The molecule has 0 spiro atoms. The first-order valence-corrected chi connectivity index (χ1v) is 9.02.